The van der Waals surface area contributed by atoms with Crippen molar-refractivity contribution in [2.45, 2.75) is 25.3 Å². The van der Waals surface area contributed by atoms with Crippen molar-refractivity contribution in [1.29, 1.82) is 0 Å². The van der Waals surface area contributed by atoms with Gasteiger partial charge in [-0.05, 0) is 35.7 Å². The fourth-order valence-corrected chi connectivity index (χ4v) is 2.93. The number of hydrogen-bond donors (Lipinski definition) is 0. The van der Waals surface area contributed by atoms with E-state index in [4.69, 9.17) is 0 Å². The highest BCUT2D eigenvalue weighted by molar-refractivity contribution is 5.94. The Morgan fingerprint density at radius 2 is 1.38 bits per heavy atom. The normalized spacial score (nSPS) is 14.9. The van der Waals surface area contributed by atoms with E-state index in [-0.39, 0.29) is 19.2 Å². The highest BCUT2D eigenvalue weighted by Gasteiger charge is 2.38. The molecule has 8 heteroatoms. The number of halogens is 6. The number of alkyl halides is 6. The second-order valence-corrected chi connectivity index (χ2v) is 6.04. The Labute approximate surface area is 145 Å². The lowest BCUT2D eigenvalue weighted by atomic mass is 9.98. The van der Waals surface area contributed by atoms with E-state index in [2.05, 4.69) is 0 Å². The first-order valence-corrected chi connectivity index (χ1v) is 7.71. The summed E-state index contributed by atoms with van der Waals surface area (Å²) >= 11 is 0. The summed E-state index contributed by atoms with van der Waals surface area (Å²) in [6, 6.07) is 8.21. The number of fused-ring (bicyclic) bond motifs is 1. The van der Waals surface area contributed by atoms with Crippen LogP contribution in [-0.2, 0) is 25.3 Å². The molecular formula is C18H13F6NO. The topological polar surface area (TPSA) is 20.3 Å². The molecule has 0 N–H and O–H groups in total. The molecule has 0 unspecified atom stereocenters. The van der Waals surface area contributed by atoms with Gasteiger partial charge >= 0.3 is 12.4 Å². The molecule has 0 aromatic heterocycles. The van der Waals surface area contributed by atoms with Gasteiger partial charge in [-0.2, -0.15) is 26.3 Å². The zero-order chi connectivity index (χ0) is 19.1. The van der Waals surface area contributed by atoms with Crippen molar-refractivity contribution in [3.8, 4) is 0 Å². The molecule has 1 amide bonds. The molecule has 26 heavy (non-hydrogen) atoms. The fraction of sp³-hybridized carbons (Fsp3) is 0.278. The molecule has 0 bridgehead atoms. The molecule has 138 valence electrons. The fourth-order valence-electron chi connectivity index (χ4n) is 2.93. The van der Waals surface area contributed by atoms with Crippen molar-refractivity contribution in [2.75, 3.05) is 6.54 Å². The van der Waals surface area contributed by atoms with Crippen LogP contribution in [0.5, 0.6) is 0 Å². The summed E-state index contributed by atoms with van der Waals surface area (Å²) in [5.41, 5.74) is -1.76. The van der Waals surface area contributed by atoms with Gasteiger partial charge < -0.3 is 4.90 Å². The number of benzene rings is 2. The SMILES string of the molecule is O=C(c1cc(C(F)(F)F)cc(C(F)(F)F)c1)N1CCc2ccccc2C1. The van der Waals surface area contributed by atoms with Gasteiger partial charge in [0.15, 0.2) is 0 Å². The molecule has 0 spiro atoms. The number of rotatable bonds is 1. The third-order valence-corrected chi connectivity index (χ3v) is 4.25. The summed E-state index contributed by atoms with van der Waals surface area (Å²) in [6.07, 6.45) is -9.47. The Morgan fingerprint density at radius 3 is 1.92 bits per heavy atom. The molecule has 2 nitrogen and oxygen atoms in total. The molecule has 2 aromatic carbocycles. The third kappa shape index (κ3) is 3.68. The van der Waals surface area contributed by atoms with Crippen molar-refractivity contribution >= 4 is 5.91 Å². The van der Waals surface area contributed by atoms with Crippen molar-refractivity contribution in [3.05, 3.63) is 70.3 Å². The lowest BCUT2D eigenvalue weighted by Gasteiger charge is -2.29. The van der Waals surface area contributed by atoms with E-state index in [1.54, 1.807) is 12.1 Å². The lowest BCUT2D eigenvalue weighted by molar-refractivity contribution is -0.143. The van der Waals surface area contributed by atoms with Crippen LogP contribution in [-0.4, -0.2) is 17.4 Å². The zero-order valence-electron chi connectivity index (χ0n) is 13.3. The van der Waals surface area contributed by atoms with Gasteiger partial charge in [-0.3, -0.25) is 4.79 Å². The average molecular weight is 373 g/mol. The highest BCUT2D eigenvalue weighted by Crippen LogP contribution is 2.36. The summed E-state index contributed by atoms with van der Waals surface area (Å²) < 4.78 is 77.7. The predicted octanol–water partition coefficient (Wildman–Crippen LogP) is 4.92. The van der Waals surface area contributed by atoms with Gasteiger partial charge in [0.2, 0.25) is 0 Å². The zero-order valence-corrected chi connectivity index (χ0v) is 13.3. The van der Waals surface area contributed by atoms with Crippen LogP contribution in [0.1, 0.15) is 32.6 Å². The maximum Gasteiger partial charge on any atom is 0.416 e. The molecule has 3 rings (SSSR count). The maximum atomic E-state index is 12.9. The van der Waals surface area contributed by atoms with E-state index in [0.717, 1.165) is 11.1 Å². The monoisotopic (exact) mass is 373 g/mol. The van der Waals surface area contributed by atoms with Crippen LogP contribution < -0.4 is 0 Å². The molecule has 1 aliphatic heterocycles. The minimum absolute atomic E-state index is 0.0162. The third-order valence-electron chi connectivity index (χ3n) is 4.25. The van der Waals surface area contributed by atoms with E-state index in [1.165, 1.54) is 4.90 Å². The van der Waals surface area contributed by atoms with Crippen LogP contribution in [0.3, 0.4) is 0 Å². The van der Waals surface area contributed by atoms with Gasteiger partial charge in [0.1, 0.15) is 0 Å². The standard InChI is InChI=1S/C18H13F6NO/c19-17(20,21)14-7-13(8-15(9-14)18(22,23)24)16(26)25-6-5-11-3-1-2-4-12(11)10-25/h1-4,7-9H,5-6,10H2. The molecule has 0 saturated heterocycles. The first-order chi connectivity index (χ1) is 12.1. The first kappa shape index (κ1) is 18.3. The average Bonchev–Trinajstić information content (AvgIpc) is 2.58. The Bertz CT molecular complexity index is 808. The Kier molecular flexibility index (Phi) is 4.46. The molecule has 1 heterocycles. The smallest absolute Gasteiger partial charge is 0.334 e. The summed E-state index contributed by atoms with van der Waals surface area (Å²) in [7, 11) is 0. The molecule has 0 saturated carbocycles. The van der Waals surface area contributed by atoms with Crippen LogP contribution in [0, 0.1) is 0 Å². The largest absolute Gasteiger partial charge is 0.416 e. The Balaban J connectivity index is 1.97. The van der Waals surface area contributed by atoms with Crippen molar-refractivity contribution < 1.29 is 31.1 Å². The number of carbonyl (C=O) groups excluding carboxylic acids is 1. The highest BCUT2D eigenvalue weighted by atomic mass is 19.4. The molecule has 0 fully saturated rings. The second-order valence-electron chi connectivity index (χ2n) is 6.04. The minimum atomic E-state index is -4.98. The molecular weight excluding hydrogens is 360 g/mol. The number of nitrogens with zero attached hydrogens (tertiary/aromatic N) is 1. The van der Waals surface area contributed by atoms with E-state index < -0.39 is 35.0 Å². The van der Waals surface area contributed by atoms with Gasteiger partial charge in [-0.25, -0.2) is 0 Å². The van der Waals surface area contributed by atoms with Crippen LogP contribution in [0.25, 0.3) is 0 Å². The Morgan fingerprint density at radius 1 is 0.846 bits per heavy atom. The second kappa shape index (κ2) is 6.34. The molecule has 0 atom stereocenters. The Hall–Kier alpha value is -2.51. The summed E-state index contributed by atoms with van der Waals surface area (Å²) in [6.45, 7) is 0.375. The molecule has 0 radical (unpaired) electrons. The first-order valence-electron chi connectivity index (χ1n) is 7.71. The van der Waals surface area contributed by atoms with Gasteiger partial charge in [0.25, 0.3) is 5.91 Å². The van der Waals surface area contributed by atoms with Gasteiger partial charge in [0, 0.05) is 18.7 Å². The maximum absolute atomic E-state index is 12.9. The van der Waals surface area contributed by atoms with Crippen molar-refractivity contribution in [2.24, 2.45) is 0 Å². The number of carbonyl (C=O) groups is 1. The van der Waals surface area contributed by atoms with Gasteiger partial charge in [-0.1, -0.05) is 24.3 Å². The van der Waals surface area contributed by atoms with Crippen LogP contribution in [0.2, 0.25) is 0 Å². The van der Waals surface area contributed by atoms with E-state index in [1.807, 2.05) is 12.1 Å². The quantitative estimate of drug-likeness (QED) is 0.650. The van der Waals surface area contributed by atoms with Crippen LogP contribution >= 0.6 is 0 Å². The van der Waals surface area contributed by atoms with Crippen LogP contribution in [0.15, 0.2) is 42.5 Å². The summed E-state index contributed by atoms with van der Waals surface area (Å²) in [5.74, 6) is -0.851. The van der Waals surface area contributed by atoms with Crippen molar-refractivity contribution in [3.63, 3.8) is 0 Å². The predicted molar refractivity (Wildman–Crippen MR) is 81.3 cm³/mol. The van der Waals surface area contributed by atoms with Gasteiger partial charge in [0.05, 0.1) is 11.1 Å². The van der Waals surface area contributed by atoms with E-state index >= 15 is 0 Å². The van der Waals surface area contributed by atoms with Gasteiger partial charge in [-0.15, -0.1) is 0 Å². The van der Waals surface area contributed by atoms with E-state index in [9.17, 15) is 31.1 Å². The molecule has 2 aromatic rings. The number of hydrogen-bond acceptors (Lipinski definition) is 1. The summed E-state index contributed by atoms with van der Waals surface area (Å²) in [5, 5.41) is 0. The van der Waals surface area contributed by atoms with E-state index in [0.29, 0.717) is 18.6 Å². The molecule has 0 aliphatic carbocycles. The van der Waals surface area contributed by atoms with Crippen LogP contribution in [0.4, 0.5) is 26.3 Å². The lowest BCUT2D eigenvalue weighted by Crippen LogP contribution is -2.36. The number of amides is 1. The molecule has 1 aliphatic rings. The minimum Gasteiger partial charge on any atom is -0.334 e. The van der Waals surface area contributed by atoms with Crippen molar-refractivity contribution in [1.82, 2.24) is 4.90 Å². The summed E-state index contributed by atoms with van der Waals surface area (Å²) in [4.78, 5) is 13.8.